The number of thioether (sulfide) groups is 1. The fraction of sp³-hybridized carbons (Fsp3) is 0.429. The van der Waals surface area contributed by atoms with Crippen molar-refractivity contribution in [1.82, 2.24) is 9.80 Å². The van der Waals surface area contributed by atoms with Crippen LogP contribution >= 0.6 is 11.8 Å². The number of amides is 2. The first-order chi connectivity index (χ1) is 13.0. The molecule has 0 N–H and O–H groups in total. The van der Waals surface area contributed by atoms with Crippen molar-refractivity contribution in [2.45, 2.75) is 37.3 Å². The third-order valence-corrected chi connectivity index (χ3v) is 6.56. The van der Waals surface area contributed by atoms with Crippen LogP contribution in [-0.4, -0.2) is 47.0 Å². The van der Waals surface area contributed by atoms with Gasteiger partial charge in [-0.25, -0.2) is 0 Å². The van der Waals surface area contributed by atoms with E-state index in [0.717, 1.165) is 12.8 Å². The van der Waals surface area contributed by atoms with Crippen LogP contribution in [0.2, 0.25) is 0 Å². The van der Waals surface area contributed by atoms with E-state index in [1.807, 2.05) is 17.0 Å². The molecule has 0 spiro atoms. The summed E-state index contributed by atoms with van der Waals surface area (Å²) in [7, 11) is 1.76. The molecule has 6 heteroatoms. The summed E-state index contributed by atoms with van der Waals surface area (Å²) < 4.78 is 5.17. The number of benzene rings is 1. The molecule has 2 heterocycles. The zero-order valence-corrected chi connectivity index (χ0v) is 16.9. The molecule has 3 rings (SSSR count). The predicted molar refractivity (Wildman–Crippen MR) is 108 cm³/mol. The van der Waals surface area contributed by atoms with Crippen molar-refractivity contribution >= 4 is 23.6 Å². The zero-order chi connectivity index (χ0) is 19.4. The Morgan fingerprint density at radius 2 is 2.04 bits per heavy atom. The lowest BCUT2D eigenvalue weighted by atomic mass is 10.1. The molecule has 1 aliphatic heterocycles. The molecular formula is C21H26N2O3S. The van der Waals surface area contributed by atoms with E-state index < -0.39 is 0 Å². The van der Waals surface area contributed by atoms with Gasteiger partial charge in [0.15, 0.2) is 5.76 Å². The highest BCUT2D eigenvalue weighted by Crippen LogP contribution is 2.45. The van der Waals surface area contributed by atoms with Gasteiger partial charge in [-0.05, 0) is 43.0 Å². The van der Waals surface area contributed by atoms with E-state index in [9.17, 15) is 9.59 Å². The smallest absolute Gasteiger partial charge is 0.289 e. The molecule has 1 aromatic heterocycles. The summed E-state index contributed by atoms with van der Waals surface area (Å²) in [5.74, 6) is 0.411. The number of aryl methyl sites for hydroxylation is 1. The second-order valence-electron chi connectivity index (χ2n) is 6.83. The largest absolute Gasteiger partial charge is 0.459 e. The SMILES string of the molecule is CC[C@H]1S[C@H](c2ccccc2C)N(CCCN(C)C(=O)c2ccco2)C1=O. The summed E-state index contributed by atoms with van der Waals surface area (Å²) >= 11 is 1.74. The monoisotopic (exact) mass is 386 g/mol. The molecule has 27 heavy (non-hydrogen) atoms. The Bertz CT molecular complexity index is 790. The van der Waals surface area contributed by atoms with Gasteiger partial charge < -0.3 is 14.2 Å². The molecule has 1 aromatic carbocycles. The molecule has 5 nitrogen and oxygen atoms in total. The van der Waals surface area contributed by atoms with Crippen molar-refractivity contribution in [1.29, 1.82) is 0 Å². The van der Waals surface area contributed by atoms with E-state index >= 15 is 0 Å². The van der Waals surface area contributed by atoms with Crippen molar-refractivity contribution < 1.29 is 14.0 Å². The minimum Gasteiger partial charge on any atom is -0.459 e. The lowest BCUT2D eigenvalue weighted by molar-refractivity contribution is -0.130. The number of furan rings is 1. The van der Waals surface area contributed by atoms with Gasteiger partial charge in [-0.1, -0.05) is 31.2 Å². The van der Waals surface area contributed by atoms with Gasteiger partial charge in [-0.3, -0.25) is 9.59 Å². The van der Waals surface area contributed by atoms with E-state index in [0.29, 0.717) is 18.8 Å². The van der Waals surface area contributed by atoms with E-state index in [-0.39, 0.29) is 22.4 Å². The second-order valence-corrected chi connectivity index (χ2v) is 8.12. The molecule has 0 aliphatic carbocycles. The molecule has 144 valence electrons. The molecule has 2 atom stereocenters. The Balaban J connectivity index is 1.65. The molecule has 1 fully saturated rings. The van der Waals surface area contributed by atoms with Crippen LogP contribution in [0.3, 0.4) is 0 Å². The van der Waals surface area contributed by atoms with Gasteiger partial charge in [-0.15, -0.1) is 11.8 Å². The molecule has 0 saturated carbocycles. The highest BCUT2D eigenvalue weighted by atomic mass is 32.2. The second kappa shape index (κ2) is 8.65. The molecule has 0 radical (unpaired) electrons. The van der Waals surface area contributed by atoms with Gasteiger partial charge >= 0.3 is 0 Å². The van der Waals surface area contributed by atoms with Gasteiger partial charge in [0.25, 0.3) is 5.91 Å². The lowest BCUT2D eigenvalue weighted by Crippen LogP contribution is -2.35. The number of hydrogen-bond donors (Lipinski definition) is 0. The predicted octanol–water partition coefficient (Wildman–Crippen LogP) is 4.10. The van der Waals surface area contributed by atoms with Gasteiger partial charge in [0.1, 0.15) is 5.37 Å². The Hall–Kier alpha value is -2.21. The van der Waals surface area contributed by atoms with Crippen molar-refractivity contribution in [3.05, 3.63) is 59.5 Å². The third-order valence-electron chi connectivity index (χ3n) is 4.93. The van der Waals surface area contributed by atoms with Gasteiger partial charge in [-0.2, -0.15) is 0 Å². The summed E-state index contributed by atoms with van der Waals surface area (Å²) in [5, 5.41) is 0.0619. The summed E-state index contributed by atoms with van der Waals surface area (Å²) in [5.41, 5.74) is 2.40. The summed E-state index contributed by atoms with van der Waals surface area (Å²) in [4.78, 5) is 28.7. The maximum Gasteiger partial charge on any atom is 0.289 e. The number of nitrogens with zero attached hydrogens (tertiary/aromatic N) is 2. The van der Waals surface area contributed by atoms with Crippen molar-refractivity contribution in [2.24, 2.45) is 0 Å². The van der Waals surface area contributed by atoms with Gasteiger partial charge in [0, 0.05) is 20.1 Å². The first-order valence-corrected chi connectivity index (χ1v) is 10.3. The Morgan fingerprint density at radius 1 is 1.26 bits per heavy atom. The van der Waals surface area contributed by atoms with Crippen LogP contribution in [0, 0.1) is 6.92 Å². The molecule has 0 unspecified atom stereocenters. The summed E-state index contributed by atoms with van der Waals surface area (Å²) in [6.45, 7) is 5.36. The molecule has 0 bridgehead atoms. The topological polar surface area (TPSA) is 53.8 Å². The van der Waals surface area contributed by atoms with Crippen LogP contribution in [0.1, 0.15) is 46.8 Å². The quantitative estimate of drug-likeness (QED) is 0.719. The minimum absolute atomic E-state index is 0.0112. The summed E-state index contributed by atoms with van der Waals surface area (Å²) in [6, 6.07) is 11.6. The molecule has 2 aromatic rings. The van der Waals surface area contributed by atoms with Gasteiger partial charge in [0.2, 0.25) is 5.91 Å². The van der Waals surface area contributed by atoms with E-state index in [1.54, 1.807) is 35.8 Å². The van der Waals surface area contributed by atoms with Crippen LogP contribution in [0.5, 0.6) is 0 Å². The number of hydrogen-bond acceptors (Lipinski definition) is 4. The van der Waals surface area contributed by atoms with Crippen molar-refractivity contribution in [2.75, 3.05) is 20.1 Å². The normalized spacial score (nSPS) is 19.5. The highest BCUT2D eigenvalue weighted by molar-refractivity contribution is 8.01. The first kappa shape index (κ1) is 19.5. The van der Waals surface area contributed by atoms with Crippen LogP contribution in [-0.2, 0) is 4.79 Å². The number of carbonyl (C=O) groups is 2. The molecular weight excluding hydrogens is 360 g/mol. The fourth-order valence-corrected chi connectivity index (χ4v) is 4.88. The average Bonchev–Trinajstić information content (AvgIpc) is 3.30. The van der Waals surface area contributed by atoms with Gasteiger partial charge in [0.05, 0.1) is 11.5 Å². The highest BCUT2D eigenvalue weighted by Gasteiger charge is 2.40. The number of rotatable bonds is 7. The van der Waals surface area contributed by atoms with E-state index in [2.05, 4.69) is 26.0 Å². The molecule has 2 amide bonds. The number of carbonyl (C=O) groups excluding carboxylic acids is 2. The van der Waals surface area contributed by atoms with E-state index in [1.165, 1.54) is 17.4 Å². The zero-order valence-electron chi connectivity index (χ0n) is 16.1. The van der Waals surface area contributed by atoms with E-state index in [4.69, 9.17) is 4.42 Å². The fourth-order valence-electron chi connectivity index (χ4n) is 3.36. The third kappa shape index (κ3) is 4.21. The Kier molecular flexibility index (Phi) is 6.26. The first-order valence-electron chi connectivity index (χ1n) is 9.33. The minimum atomic E-state index is -0.135. The lowest BCUT2D eigenvalue weighted by Gasteiger charge is -2.26. The van der Waals surface area contributed by atoms with Crippen molar-refractivity contribution in [3.63, 3.8) is 0 Å². The van der Waals surface area contributed by atoms with Crippen LogP contribution in [0.15, 0.2) is 47.1 Å². The standard InChI is InChI=1S/C21H26N2O3S/c1-4-18-20(25)23(21(27-18)16-10-6-5-9-15(16)2)13-8-12-22(3)19(24)17-11-7-14-26-17/h5-7,9-11,14,18,21H,4,8,12-13H2,1-3H3/t18-,21-/m1/s1. The van der Waals surface area contributed by atoms with Crippen molar-refractivity contribution in [3.8, 4) is 0 Å². The maximum absolute atomic E-state index is 12.8. The molecule has 1 aliphatic rings. The molecule has 1 saturated heterocycles. The van der Waals surface area contributed by atoms with Crippen LogP contribution in [0.25, 0.3) is 0 Å². The summed E-state index contributed by atoms with van der Waals surface area (Å²) in [6.07, 6.45) is 3.06. The maximum atomic E-state index is 12.8. The van der Waals surface area contributed by atoms with Crippen LogP contribution in [0.4, 0.5) is 0 Å². The Labute approximate surface area is 164 Å². The van der Waals surface area contributed by atoms with Crippen LogP contribution < -0.4 is 0 Å². The average molecular weight is 387 g/mol. The Morgan fingerprint density at radius 3 is 2.70 bits per heavy atom.